The van der Waals surface area contributed by atoms with Crippen molar-refractivity contribution in [1.82, 2.24) is 9.71 Å². The van der Waals surface area contributed by atoms with E-state index < -0.39 is 10.0 Å². The third-order valence-electron chi connectivity index (χ3n) is 3.16. The number of nitrogens with one attached hydrogen (secondary N) is 2. The quantitative estimate of drug-likeness (QED) is 0.735. The molecule has 0 aliphatic rings. The molecule has 1 heterocycles. The molecule has 2 N–H and O–H groups in total. The maximum absolute atomic E-state index is 12.4. The summed E-state index contributed by atoms with van der Waals surface area (Å²) in [6.07, 6.45) is 6.25. The average molecular weight is 299 g/mol. The van der Waals surface area contributed by atoms with E-state index in [2.05, 4.69) is 28.9 Å². The van der Waals surface area contributed by atoms with Gasteiger partial charge < -0.3 is 5.32 Å². The summed E-state index contributed by atoms with van der Waals surface area (Å²) in [6, 6.07) is 3.41. The third kappa shape index (κ3) is 4.76. The summed E-state index contributed by atoms with van der Waals surface area (Å²) in [5.41, 5.74) is 0.519. The second kappa shape index (κ2) is 8.21. The van der Waals surface area contributed by atoms with Crippen molar-refractivity contribution in [2.75, 3.05) is 12.4 Å². The summed E-state index contributed by atoms with van der Waals surface area (Å²) in [6.45, 7) is 4.17. The van der Waals surface area contributed by atoms with Crippen molar-refractivity contribution in [3.63, 3.8) is 0 Å². The Kier molecular flexibility index (Phi) is 6.95. The molecule has 1 aromatic rings. The molecular formula is C14H25N3O2S. The van der Waals surface area contributed by atoms with Crippen molar-refractivity contribution < 1.29 is 8.42 Å². The first-order chi connectivity index (χ1) is 9.55. The van der Waals surface area contributed by atoms with E-state index >= 15 is 0 Å². The predicted molar refractivity (Wildman–Crippen MR) is 82.3 cm³/mol. The highest BCUT2D eigenvalue weighted by atomic mass is 32.2. The summed E-state index contributed by atoms with van der Waals surface area (Å²) >= 11 is 0. The van der Waals surface area contributed by atoms with Crippen molar-refractivity contribution in [1.29, 1.82) is 0 Å². The fourth-order valence-electron chi connectivity index (χ4n) is 2.13. The molecule has 0 aliphatic heterocycles. The topological polar surface area (TPSA) is 71.1 Å². The zero-order valence-electron chi connectivity index (χ0n) is 12.5. The fourth-order valence-corrected chi connectivity index (χ4v) is 3.58. The van der Waals surface area contributed by atoms with E-state index in [0.29, 0.717) is 5.69 Å². The lowest BCUT2D eigenvalue weighted by molar-refractivity contribution is 0.482. The molecule has 0 amide bonds. The van der Waals surface area contributed by atoms with Gasteiger partial charge in [0.2, 0.25) is 0 Å². The van der Waals surface area contributed by atoms with Crippen LogP contribution in [0.25, 0.3) is 0 Å². The SMILES string of the molecule is CCCCC(CCC)NS(=O)(=O)c1ncccc1NC. The van der Waals surface area contributed by atoms with Gasteiger partial charge in [0, 0.05) is 19.3 Å². The van der Waals surface area contributed by atoms with Crippen molar-refractivity contribution in [2.24, 2.45) is 0 Å². The molecular weight excluding hydrogens is 274 g/mol. The first kappa shape index (κ1) is 16.9. The van der Waals surface area contributed by atoms with Crippen LogP contribution in [0.2, 0.25) is 0 Å². The number of unbranched alkanes of at least 4 members (excludes halogenated alkanes) is 1. The fraction of sp³-hybridized carbons (Fsp3) is 0.643. The smallest absolute Gasteiger partial charge is 0.260 e. The molecule has 0 aliphatic carbocycles. The molecule has 1 atom stereocenters. The lowest BCUT2D eigenvalue weighted by atomic mass is 10.1. The largest absolute Gasteiger partial charge is 0.386 e. The number of anilines is 1. The van der Waals surface area contributed by atoms with E-state index in [0.717, 1.165) is 32.1 Å². The normalized spacial score (nSPS) is 13.2. The zero-order chi connectivity index (χ0) is 15.0. The van der Waals surface area contributed by atoms with Gasteiger partial charge in [-0.1, -0.05) is 33.1 Å². The third-order valence-corrected chi connectivity index (χ3v) is 4.64. The summed E-state index contributed by atoms with van der Waals surface area (Å²) in [5, 5.41) is 2.94. The van der Waals surface area contributed by atoms with E-state index in [1.165, 1.54) is 6.20 Å². The highest BCUT2D eigenvalue weighted by Crippen LogP contribution is 2.19. The molecule has 20 heavy (non-hydrogen) atoms. The van der Waals surface area contributed by atoms with Gasteiger partial charge in [0.15, 0.2) is 5.03 Å². The highest BCUT2D eigenvalue weighted by molar-refractivity contribution is 7.89. The number of sulfonamides is 1. The van der Waals surface area contributed by atoms with E-state index in [9.17, 15) is 8.42 Å². The van der Waals surface area contributed by atoms with Crippen LogP contribution in [0.15, 0.2) is 23.4 Å². The monoisotopic (exact) mass is 299 g/mol. The zero-order valence-corrected chi connectivity index (χ0v) is 13.3. The van der Waals surface area contributed by atoms with Crippen molar-refractivity contribution in [3.8, 4) is 0 Å². The van der Waals surface area contributed by atoms with Gasteiger partial charge in [0.25, 0.3) is 10.0 Å². The minimum absolute atomic E-state index is 0.0170. The summed E-state index contributed by atoms with van der Waals surface area (Å²) in [5.74, 6) is 0. The van der Waals surface area contributed by atoms with Crippen LogP contribution in [-0.2, 0) is 10.0 Å². The Labute approximate surface area is 122 Å². The van der Waals surface area contributed by atoms with Crippen LogP contribution in [0.1, 0.15) is 46.0 Å². The molecule has 5 nitrogen and oxygen atoms in total. The Morgan fingerprint density at radius 1 is 1.25 bits per heavy atom. The molecule has 0 radical (unpaired) electrons. The van der Waals surface area contributed by atoms with Gasteiger partial charge in [-0.25, -0.2) is 18.1 Å². The van der Waals surface area contributed by atoms with Crippen molar-refractivity contribution in [2.45, 2.75) is 57.0 Å². The van der Waals surface area contributed by atoms with E-state index in [-0.39, 0.29) is 11.1 Å². The van der Waals surface area contributed by atoms with E-state index in [1.54, 1.807) is 19.2 Å². The molecule has 1 rings (SSSR count). The lowest BCUT2D eigenvalue weighted by Gasteiger charge is -2.18. The number of hydrogen-bond acceptors (Lipinski definition) is 4. The minimum atomic E-state index is -3.58. The molecule has 0 spiro atoms. The molecule has 0 saturated heterocycles. The number of nitrogens with zero attached hydrogens (tertiary/aromatic N) is 1. The van der Waals surface area contributed by atoms with Crippen LogP contribution in [0, 0.1) is 0 Å². The molecule has 0 saturated carbocycles. The average Bonchev–Trinajstić information content (AvgIpc) is 2.44. The lowest BCUT2D eigenvalue weighted by Crippen LogP contribution is -2.35. The van der Waals surface area contributed by atoms with Crippen LogP contribution >= 0.6 is 0 Å². The van der Waals surface area contributed by atoms with Gasteiger partial charge in [0.05, 0.1) is 5.69 Å². The van der Waals surface area contributed by atoms with Gasteiger partial charge in [-0.05, 0) is 25.0 Å². The summed E-state index contributed by atoms with van der Waals surface area (Å²) < 4.78 is 27.7. The Morgan fingerprint density at radius 3 is 2.60 bits per heavy atom. The van der Waals surface area contributed by atoms with Crippen molar-refractivity contribution >= 4 is 15.7 Å². The number of hydrogen-bond donors (Lipinski definition) is 2. The molecule has 0 fully saturated rings. The molecule has 0 bridgehead atoms. The van der Waals surface area contributed by atoms with Gasteiger partial charge in [-0.2, -0.15) is 0 Å². The minimum Gasteiger partial charge on any atom is -0.386 e. The Morgan fingerprint density at radius 2 is 2.00 bits per heavy atom. The first-order valence-electron chi connectivity index (χ1n) is 7.20. The van der Waals surface area contributed by atoms with E-state index in [1.807, 2.05) is 0 Å². The Bertz CT molecular complexity index is 503. The second-order valence-corrected chi connectivity index (χ2v) is 6.48. The van der Waals surface area contributed by atoms with Crippen LogP contribution in [0.4, 0.5) is 5.69 Å². The van der Waals surface area contributed by atoms with Gasteiger partial charge >= 0.3 is 0 Å². The molecule has 6 heteroatoms. The maximum atomic E-state index is 12.4. The van der Waals surface area contributed by atoms with E-state index in [4.69, 9.17) is 0 Å². The predicted octanol–water partition coefficient (Wildman–Crippen LogP) is 2.76. The number of pyridine rings is 1. The second-order valence-electron chi connectivity index (χ2n) is 4.86. The van der Waals surface area contributed by atoms with Crippen LogP contribution in [0.5, 0.6) is 0 Å². The van der Waals surface area contributed by atoms with Gasteiger partial charge in [0.1, 0.15) is 0 Å². The van der Waals surface area contributed by atoms with Crippen LogP contribution in [0.3, 0.4) is 0 Å². The van der Waals surface area contributed by atoms with Crippen LogP contribution in [-0.4, -0.2) is 26.5 Å². The molecule has 0 aromatic carbocycles. The maximum Gasteiger partial charge on any atom is 0.260 e. The van der Waals surface area contributed by atoms with Crippen LogP contribution < -0.4 is 10.0 Å². The standard InChI is InChI=1S/C14H25N3O2S/c1-4-6-9-12(8-5-2)17-20(18,19)14-13(15-3)10-7-11-16-14/h7,10-12,15,17H,4-6,8-9H2,1-3H3. The first-order valence-corrected chi connectivity index (χ1v) is 8.68. The number of aromatic nitrogens is 1. The van der Waals surface area contributed by atoms with Gasteiger partial charge in [-0.3, -0.25) is 0 Å². The Balaban J connectivity index is 2.91. The Hall–Kier alpha value is -1.14. The van der Waals surface area contributed by atoms with Crippen molar-refractivity contribution in [3.05, 3.63) is 18.3 Å². The molecule has 114 valence electrons. The highest BCUT2D eigenvalue weighted by Gasteiger charge is 2.23. The number of rotatable bonds is 9. The molecule has 1 aromatic heterocycles. The molecule has 1 unspecified atom stereocenters. The summed E-state index contributed by atoms with van der Waals surface area (Å²) in [7, 11) is -1.89. The van der Waals surface area contributed by atoms with Gasteiger partial charge in [-0.15, -0.1) is 0 Å². The summed E-state index contributed by atoms with van der Waals surface area (Å²) in [4.78, 5) is 4.00.